The summed E-state index contributed by atoms with van der Waals surface area (Å²) in [6, 6.07) is 9.38. The summed E-state index contributed by atoms with van der Waals surface area (Å²) in [5.74, 6) is 1.10. The monoisotopic (exact) mass is 763 g/mol. The molecule has 1 heterocycles. The molecule has 10 heteroatoms. The van der Waals surface area contributed by atoms with Gasteiger partial charge in [-0.3, -0.25) is 4.79 Å². The van der Waals surface area contributed by atoms with Gasteiger partial charge in [-0.05, 0) is 101 Å². The van der Waals surface area contributed by atoms with Gasteiger partial charge in [-0.25, -0.2) is 9.78 Å². The van der Waals surface area contributed by atoms with E-state index >= 15 is 0 Å². The van der Waals surface area contributed by atoms with Crippen LogP contribution < -0.4 is 10.3 Å². The molecular weight excluding hydrogens is 740 g/mol. The maximum absolute atomic E-state index is 13.5. The van der Waals surface area contributed by atoms with Crippen molar-refractivity contribution >= 4 is 84.2 Å². The molecule has 184 valence electrons. The number of esters is 1. The summed E-state index contributed by atoms with van der Waals surface area (Å²) in [7, 11) is 1.33. The summed E-state index contributed by atoms with van der Waals surface area (Å²) < 4.78 is 14.5. The lowest BCUT2D eigenvalue weighted by Crippen LogP contribution is -2.26. The molecule has 4 rings (SSSR count). The Hall–Kier alpha value is -1.54. The molecule has 35 heavy (non-hydrogen) atoms. The maximum atomic E-state index is 13.5. The van der Waals surface area contributed by atoms with Crippen LogP contribution in [0.3, 0.4) is 0 Å². The molecule has 0 amide bonds. The molecule has 1 saturated carbocycles. The number of fused-ring (bicyclic) bond motifs is 1. The fourth-order valence-corrected chi connectivity index (χ4v) is 6.62. The van der Waals surface area contributed by atoms with E-state index < -0.39 is 12.1 Å². The van der Waals surface area contributed by atoms with Gasteiger partial charge in [-0.1, -0.05) is 35.2 Å². The molecule has 3 aromatic rings. The van der Waals surface area contributed by atoms with E-state index in [0.29, 0.717) is 16.7 Å². The molecule has 0 bridgehead atoms. The van der Waals surface area contributed by atoms with Crippen LogP contribution in [-0.4, -0.2) is 35.1 Å². The summed E-state index contributed by atoms with van der Waals surface area (Å²) in [5, 5.41) is 5.15. The molecule has 1 fully saturated rings. The van der Waals surface area contributed by atoms with Crippen molar-refractivity contribution < 1.29 is 14.3 Å². The van der Waals surface area contributed by atoms with Crippen molar-refractivity contribution in [2.45, 2.75) is 51.0 Å². The van der Waals surface area contributed by atoms with E-state index in [1.807, 2.05) is 24.3 Å². The first-order chi connectivity index (χ1) is 16.8. The number of ether oxygens (including phenoxy) is 2. The molecule has 0 N–H and O–H groups in total. The minimum atomic E-state index is -0.721. The summed E-state index contributed by atoms with van der Waals surface area (Å²) in [5.41, 5.74) is 1.33. The van der Waals surface area contributed by atoms with Gasteiger partial charge in [0, 0.05) is 10.4 Å². The Balaban J connectivity index is 1.73. The molecule has 2 aromatic carbocycles. The minimum absolute atomic E-state index is 0.177. The number of hydrogen-bond acceptors (Lipinski definition) is 6. The maximum Gasteiger partial charge on any atom is 0.346 e. The van der Waals surface area contributed by atoms with Crippen LogP contribution in [-0.2, 0) is 9.53 Å². The SMILES string of the molecule is COC(=O)[C@@H](C)Oc1c(I)cc(C=Nn2c(C3CCCCC3)nc3ccc(Br)cc3c2=O)cc1I. The van der Waals surface area contributed by atoms with Gasteiger partial charge in [0.05, 0.1) is 31.4 Å². The van der Waals surface area contributed by atoms with Crippen LogP contribution in [0.2, 0.25) is 0 Å². The third-order valence-corrected chi connectivity index (χ3v) is 8.07. The molecule has 1 aliphatic carbocycles. The predicted molar refractivity (Wildman–Crippen MR) is 157 cm³/mol. The highest BCUT2D eigenvalue weighted by atomic mass is 127. The van der Waals surface area contributed by atoms with E-state index in [1.54, 1.807) is 19.2 Å². The van der Waals surface area contributed by atoms with Crippen LogP contribution >= 0.6 is 61.1 Å². The quantitative estimate of drug-likeness (QED) is 0.169. The second-order valence-corrected chi connectivity index (χ2v) is 11.7. The fraction of sp³-hybridized carbons (Fsp3) is 0.360. The van der Waals surface area contributed by atoms with E-state index in [9.17, 15) is 9.59 Å². The van der Waals surface area contributed by atoms with Crippen LogP contribution in [0.5, 0.6) is 5.75 Å². The number of carbonyl (C=O) groups is 1. The number of hydrogen-bond donors (Lipinski definition) is 0. The smallest absolute Gasteiger partial charge is 0.346 e. The van der Waals surface area contributed by atoms with Crippen molar-refractivity contribution in [2.24, 2.45) is 5.10 Å². The normalized spacial score (nSPS) is 15.5. The number of carbonyl (C=O) groups excluding carboxylic acids is 1. The Morgan fingerprint density at radius 2 is 1.89 bits per heavy atom. The van der Waals surface area contributed by atoms with E-state index in [-0.39, 0.29) is 11.5 Å². The highest BCUT2D eigenvalue weighted by Crippen LogP contribution is 2.32. The zero-order chi connectivity index (χ0) is 25.1. The Bertz CT molecular complexity index is 1330. The van der Waals surface area contributed by atoms with Gasteiger partial charge in [0.25, 0.3) is 5.56 Å². The first-order valence-corrected chi connectivity index (χ1v) is 14.2. The van der Waals surface area contributed by atoms with Crippen LogP contribution in [0.25, 0.3) is 10.9 Å². The van der Waals surface area contributed by atoms with E-state index in [0.717, 1.165) is 48.7 Å². The molecule has 0 unspecified atom stereocenters. The average molecular weight is 764 g/mol. The van der Waals surface area contributed by atoms with Gasteiger partial charge in [0.2, 0.25) is 0 Å². The predicted octanol–water partition coefficient (Wildman–Crippen LogP) is 6.24. The average Bonchev–Trinajstić information content (AvgIpc) is 2.85. The molecule has 0 aliphatic heterocycles. The molecule has 1 aromatic heterocycles. The molecule has 7 nitrogen and oxygen atoms in total. The van der Waals surface area contributed by atoms with Gasteiger partial charge in [0.15, 0.2) is 6.10 Å². The van der Waals surface area contributed by atoms with Crippen molar-refractivity contribution in [3.8, 4) is 5.75 Å². The lowest BCUT2D eigenvalue weighted by Gasteiger charge is -2.22. The van der Waals surface area contributed by atoms with E-state index in [4.69, 9.17) is 14.5 Å². The molecular formula is C25H24BrI2N3O4. The van der Waals surface area contributed by atoms with Crippen LogP contribution in [0, 0.1) is 7.14 Å². The number of methoxy groups -OCH3 is 1. The third-order valence-electron chi connectivity index (χ3n) is 5.97. The Labute approximate surface area is 239 Å². The third kappa shape index (κ3) is 6.07. The molecule has 0 spiro atoms. The Kier molecular flexibility index (Phi) is 8.85. The highest BCUT2D eigenvalue weighted by Gasteiger charge is 2.23. The van der Waals surface area contributed by atoms with Crippen LogP contribution in [0.15, 0.2) is 44.7 Å². The van der Waals surface area contributed by atoms with Crippen molar-refractivity contribution in [1.29, 1.82) is 0 Å². The molecule has 1 atom stereocenters. The van der Waals surface area contributed by atoms with Gasteiger partial charge in [-0.15, -0.1) is 0 Å². The topological polar surface area (TPSA) is 82.8 Å². The minimum Gasteiger partial charge on any atom is -0.477 e. The molecule has 0 saturated heterocycles. The van der Waals surface area contributed by atoms with E-state index in [1.165, 1.54) is 18.2 Å². The largest absolute Gasteiger partial charge is 0.477 e. The van der Waals surface area contributed by atoms with Crippen molar-refractivity contribution in [1.82, 2.24) is 9.66 Å². The summed E-state index contributed by atoms with van der Waals surface area (Å²) >= 11 is 7.80. The molecule has 1 aliphatic rings. The standard InChI is InChI=1S/C25H24BrI2N3O4/c1-14(25(33)34-2)35-22-19(27)10-15(11-20(22)28)13-29-31-23(16-6-4-3-5-7-16)30-21-9-8-17(26)12-18(21)24(31)32/h8-14,16H,3-7H2,1-2H3/t14-/m1/s1. The number of benzene rings is 2. The first-order valence-electron chi connectivity index (χ1n) is 11.3. The molecule has 0 radical (unpaired) electrons. The summed E-state index contributed by atoms with van der Waals surface area (Å²) in [6.45, 7) is 1.65. The number of aromatic nitrogens is 2. The fourth-order valence-electron chi connectivity index (χ4n) is 4.18. The van der Waals surface area contributed by atoms with Crippen molar-refractivity contribution in [2.75, 3.05) is 7.11 Å². The van der Waals surface area contributed by atoms with Crippen LogP contribution in [0.4, 0.5) is 0 Å². The van der Waals surface area contributed by atoms with Gasteiger partial charge in [-0.2, -0.15) is 9.78 Å². The second-order valence-electron chi connectivity index (χ2n) is 8.42. The Morgan fingerprint density at radius 3 is 2.54 bits per heavy atom. The number of rotatable bonds is 6. The highest BCUT2D eigenvalue weighted by molar-refractivity contribution is 14.1. The summed E-state index contributed by atoms with van der Waals surface area (Å²) in [6.07, 6.45) is 6.44. The second kappa shape index (κ2) is 11.7. The lowest BCUT2D eigenvalue weighted by molar-refractivity contribution is -0.147. The first kappa shape index (κ1) is 26.5. The summed E-state index contributed by atoms with van der Waals surface area (Å²) in [4.78, 5) is 30.1. The van der Waals surface area contributed by atoms with Gasteiger partial charge in [0.1, 0.15) is 11.6 Å². The zero-order valence-corrected chi connectivity index (χ0v) is 25.2. The number of nitrogens with zero attached hydrogens (tertiary/aromatic N) is 3. The van der Waals surface area contributed by atoms with E-state index in [2.05, 4.69) is 66.2 Å². The van der Waals surface area contributed by atoms with Gasteiger partial charge < -0.3 is 9.47 Å². The zero-order valence-electron chi connectivity index (χ0n) is 19.3. The number of halogens is 3. The van der Waals surface area contributed by atoms with Crippen molar-refractivity contribution in [3.05, 3.63) is 63.7 Å². The van der Waals surface area contributed by atoms with Crippen LogP contribution in [0.1, 0.15) is 56.3 Å². The van der Waals surface area contributed by atoms with Gasteiger partial charge >= 0.3 is 5.97 Å². The van der Waals surface area contributed by atoms with Crippen molar-refractivity contribution in [3.63, 3.8) is 0 Å². The Morgan fingerprint density at radius 1 is 1.20 bits per heavy atom. The lowest BCUT2D eigenvalue weighted by atomic mass is 9.88.